The molecule has 55 heavy (non-hydrogen) atoms. The van der Waals surface area contributed by atoms with Gasteiger partial charge in [0.05, 0.1) is 27.8 Å². The van der Waals surface area contributed by atoms with E-state index in [0.29, 0.717) is 34.5 Å². The Kier molecular flexibility index (Phi) is 8.83. The van der Waals surface area contributed by atoms with Gasteiger partial charge in [-0.1, -0.05) is 23.4 Å². The molecule has 4 fully saturated rings. The molecule has 9 rings (SSSR count). The lowest BCUT2D eigenvalue weighted by Crippen LogP contribution is -2.65. The van der Waals surface area contributed by atoms with Gasteiger partial charge in [0.1, 0.15) is 17.9 Å². The predicted octanol–water partition coefficient (Wildman–Crippen LogP) is 4.13. The number of piperidine rings is 1. The second-order valence-corrected chi connectivity index (χ2v) is 15.7. The lowest BCUT2D eigenvalue weighted by molar-refractivity contribution is -0.136. The Morgan fingerprint density at radius 3 is 2.29 bits per heavy atom. The molecule has 0 bridgehead atoms. The minimum Gasteiger partial charge on any atom is -0.490 e. The highest BCUT2D eigenvalue weighted by molar-refractivity contribution is 6.31. The van der Waals surface area contributed by atoms with Crippen molar-refractivity contribution in [1.82, 2.24) is 20.0 Å². The summed E-state index contributed by atoms with van der Waals surface area (Å²) in [5, 5.41) is 11.7. The minimum atomic E-state index is -0.978. The van der Waals surface area contributed by atoms with Crippen molar-refractivity contribution in [2.24, 2.45) is 5.92 Å². The fourth-order valence-corrected chi connectivity index (χ4v) is 8.90. The highest BCUT2D eigenvalue weighted by Gasteiger charge is 2.45. The van der Waals surface area contributed by atoms with E-state index < -0.39 is 29.7 Å². The summed E-state index contributed by atoms with van der Waals surface area (Å²) in [6.45, 7) is 3.95. The molecule has 13 heteroatoms. The lowest BCUT2D eigenvalue weighted by atomic mass is 9.92. The van der Waals surface area contributed by atoms with E-state index in [2.05, 4.69) is 39.1 Å². The van der Waals surface area contributed by atoms with Crippen LogP contribution in [0.25, 0.3) is 0 Å². The average Bonchev–Trinajstić information content (AvgIpc) is 3.60. The fourth-order valence-electron chi connectivity index (χ4n) is 8.68. The smallest absolute Gasteiger partial charge is 0.262 e. The number of ether oxygens (including phenoxy) is 1. The first kappa shape index (κ1) is 35.0. The van der Waals surface area contributed by atoms with Crippen molar-refractivity contribution in [2.45, 2.75) is 69.3 Å². The summed E-state index contributed by atoms with van der Waals surface area (Å²) in [4.78, 5) is 71.2. The number of hydrogen-bond donors (Lipinski definition) is 1. The number of imide groups is 2. The van der Waals surface area contributed by atoms with E-state index in [0.717, 1.165) is 79.1 Å². The maximum absolute atomic E-state index is 13.4. The number of rotatable bonds is 6. The SMILES string of the molecule is N#Cc1ccc(OC2CCC(N3Cc4cc(C#CC5CN(C6CN(c7ccc8c(c7)C(=O)N(C7CCC(=O)NC7=O)C8=O)C6)C5)ccc4C3=O)CC2)cc1Cl. The van der Waals surface area contributed by atoms with Gasteiger partial charge in [-0.05, 0) is 86.2 Å². The maximum Gasteiger partial charge on any atom is 0.262 e. The summed E-state index contributed by atoms with van der Waals surface area (Å²) in [6.07, 6.45) is 3.64. The molecule has 0 spiro atoms. The Hall–Kier alpha value is -5.69. The van der Waals surface area contributed by atoms with E-state index in [-0.39, 0.29) is 42.4 Å². The monoisotopic (exact) mass is 756 g/mol. The van der Waals surface area contributed by atoms with Gasteiger partial charge in [-0.15, -0.1) is 0 Å². The molecule has 5 heterocycles. The number of benzene rings is 3. The van der Waals surface area contributed by atoms with Crippen molar-refractivity contribution < 1.29 is 28.7 Å². The number of fused-ring (bicyclic) bond motifs is 2. The Morgan fingerprint density at radius 2 is 1.55 bits per heavy atom. The van der Waals surface area contributed by atoms with Crippen LogP contribution in [0, 0.1) is 29.1 Å². The van der Waals surface area contributed by atoms with Gasteiger partial charge in [0, 0.05) is 80.0 Å². The van der Waals surface area contributed by atoms with Crippen LogP contribution in [0.5, 0.6) is 5.75 Å². The number of nitrogens with one attached hydrogen (secondary N) is 1. The largest absolute Gasteiger partial charge is 0.490 e. The standard InChI is InChI=1S/C42H37ClN6O6/c43-36-17-32(8-4-26(36)18-44)55-31-9-5-28(6-10-31)48-21-27-15-24(3-11-33(27)40(48)52)1-2-25-19-46(20-25)30-22-47(23-30)29-7-12-34-35(16-29)42(54)49(41(34)53)37-13-14-38(50)45-39(37)51/h3-4,7-8,11-12,15-17,25,28,30-31,37H,5-6,9-10,13-14,19-23H2,(H,45,50,51). The lowest BCUT2D eigenvalue weighted by Gasteiger charge is -2.51. The van der Waals surface area contributed by atoms with Gasteiger partial charge >= 0.3 is 0 Å². The molecule has 0 aromatic heterocycles. The number of likely N-dealkylation sites (tertiary alicyclic amines) is 1. The van der Waals surface area contributed by atoms with Crippen LogP contribution in [0.1, 0.15) is 86.3 Å². The Labute approximate surface area is 322 Å². The first-order valence-corrected chi connectivity index (χ1v) is 19.2. The quantitative estimate of drug-likeness (QED) is 0.290. The summed E-state index contributed by atoms with van der Waals surface area (Å²) in [5.41, 5.74) is 4.55. The number of amides is 5. The first-order chi connectivity index (χ1) is 26.6. The molecular formula is C42H37ClN6O6. The van der Waals surface area contributed by atoms with Crippen molar-refractivity contribution >= 4 is 46.8 Å². The number of nitrogens with zero attached hydrogens (tertiary/aromatic N) is 5. The zero-order valence-corrected chi connectivity index (χ0v) is 30.7. The van der Waals surface area contributed by atoms with E-state index in [1.54, 1.807) is 30.3 Å². The third-order valence-corrected chi connectivity index (χ3v) is 12.2. The zero-order chi connectivity index (χ0) is 38.0. The van der Waals surface area contributed by atoms with Gasteiger partial charge in [-0.2, -0.15) is 5.26 Å². The fraction of sp³-hybridized carbons (Fsp3) is 0.381. The number of carbonyl (C=O) groups excluding carboxylic acids is 5. The zero-order valence-electron chi connectivity index (χ0n) is 29.9. The van der Waals surface area contributed by atoms with Gasteiger partial charge in [-0.3, -0.25) is 39.1 Å². The summed E-state index contributed by atoms with van der Waals surface area (Å²) in [7, 11) is 0. The Balaban J connectivity index is 0.742. The van der Waals surface area contributed by atoms with Crippen LogP contribution in [0.4, 0.5) is 5.69 Å². The Bertz CT molecular complexity index is 2270. The van der Waals surface area contributed by atoms with Crippen molar-refractivity contribution in [3.05, 3.63) is 93.0 Å². The van der Waals surface area contributed by atoms with E-state index in [4.69, 9.17) is 21.6 Å². The van der Waals surface area contributed by atoms with Crippen LogP contribution in [0.3, 0.4) is 0 Å². The van der Waals surface area contributed by atoms with Crippen LogP contribution in [0.2, 0.25) is 5.02 Å². The van der Waals surface area contributed by atoms with Crippen LogP contribution in [0.15, 0.2) is 54.6 Å². The molecule has 6 aliphatic rings. The molecule has 1 N–H and O–H groups in total. The van der Waals surface area contributed by atoms with Crippen LogP contribution >= 0.6 is 11.6 Å². The van der Waals surface area contributed by atoms with E-state index >= 15 is 0 Å². The Morgan fingerprint density at radius 1 is 0.782 bits per heavy atom. The van der Waals surface area contributed by atoms with Crippen molar-refractivity contribution in [2.75, 3.05) is 31.1 Å². The highest BCUT2D eigenvalue weighted by atomic mass is 35.5. The summed E-state index contributed by atoms with van der Waals surface area (Å²) >= 11 is 6.18. The number of carbonyl (C=O) groups is 5. The molecular weight excluding hydrogens is 720 g/mol. The summed E-state index contributed by atoms with van der Waals surface area (Å²) in [6, 6.07) is 17.9. The molecule has 3 aromatic carbocycles. The van der Waals surface area contributed by atoms with Gasteiger partial charge < -0.3 is 14.5 Å². The van der Waals surface area contributed by atoms with Crippen molar-refractivity contribution in [3.63, 3.8) is 0 Å². The predicted molar refractivity (Wildman–Crippen MR) is 200 cm³/mol. The number of hydrogen-bond acceptors (Lipinski definition) is 9. The molecule has 12 nitrogen and oxygen atoms in total. The van der Waals surface area contributed by atoms with Gasteiger partial charge in [-0.25, -0.2) is 0 Å². The molecule has 5 aliphatic heterocycles. The second kappa shape index (κ2) is 13.9. The topological polar surface area (TPSA) is 143 Å². The van der Waals surface area contributed by atoms with E-state index in [1.165, 1.54) is 0 Å². The molecule has 0 radical (unpaired) electrons. The molecule has 3 aromatic rings. The molecule has 1 saturated carbocycles. The number of halogens is 1. The van der Waals surface area contributed by atoms with E-state index in [1.807, 2.05) is 23.1 Å². The highest BCUT2D eigenvalue weighted by Crippen LogP contribution is 2.36. The summed E-state index contributed by atoms with van der Waals surface area (Å²) in [5.74, 6) is 5.78. The number of nitriles is 1. The first-order valence-electron chi connectivity index (χ1n) is 18.8. The van der Waals surface area contributed by atoms with Gasteiger partial charge in [0.15, 0.2) is 0 Å². The van der Waals surface area contributed by atoms with Crippen molar-refractivity contribution in [3.8, 4) is 23.7 Å². The van der Waals surface area contributed by atoms with Crippen LogP contribution in [-0.4, -0.2) is 94.6 Å². The van der Waals surface area contributed by atoms with E-state index in [9.17, 15) is 24.0 Å². The minimum absolute atomic E-state index is 0.0409. The van der Waals surface area contributed by atoms with Gasteiger partial charge in [0.2, 0.25) is 11.8 Å². The van der Waals surface area contributed by atoms with Gasteiger partial charge in [0.25, 0.3) is 17.7 Å². The molecule has 278 valence electrons. The number of anilines is 1. The van der Waals surface area contributed by atoms with Crippen LogP contribution < -0.4 is 15.0 Å². The third-order valence-electron chi connectivity index (χ3n) is 11.9. The molecule has 1 aliphatic carbocycles. The second-order valence-electron chi connectivity index (χ2n) is 15.3. The summed E-state index contributed by atoms with van der Waals surface area (Å²) < 4.78 is 6.15. The average molecular weight is 757 g/mol. The maximum atomic E-state index is 13.4. The molecule has 3 saturated heterocycles. The molecule has 1 atom stereocenters. The molecule has 5 amide bonds. The molecule has 1 unspecified atom stereocenters. The van der Waals surface area contributed by atoms with Crippen molar-refractivity contribution in [1.29, 1.82) is 5.26 Å². The third kappa shape index (κ3) is 6.39. The van der Waals surface area contributed by atoms with Crippen LogP contribution in [-0.2, 0) is 16.1 Å². The normalized spacial score (nSPS) is 24.0.